The average molecular weight is 356 g/mol. The first-order valence-corrected chi connectivity index (χ1v) is 8.03. The molecule has 134 valence electrons. The smallest absolute Gasteiger partial charge is 0.338 e. The van der Waals surface area contributed by atoms with Crippen molar-refractivity contribution in [3.63, 3.8) is 0 Å². The van der Waals surface area contributed by atoms with Crippen molar-refractivity contribution in [1.82, 2.24) is 10.1 Å². The molecule has 0 saturated heterocycles. The van der Waals surface area contributed by atoms with Gasteiger partial charge < -0.3 is 14.0 Å². The van der Waals surface area contributed by atoms with E-state index in [9.17, 15) is 9.18 Å². The van der Waals surface area contributed by atoms with Gasteiger partial charge in [-0.3, -0.25) is 0 Å². The molecule has 2 aromatic carbocycles. The van der Waals surface area contributed by atoms with Crippen LogP contribution >= 0.6 is 0 Å². The molecule has 0 spiro atoms. The number of benzene rings is 2. The molecule has 0 atom stereocenters. The molecule has 3 rings (SSSR count). The number of hydrogen-bond acceptors (Lipinski definition) is 6. The third-order valence-corrected chi connectivity index (χ3v) is 3.80. The number of methoxy groups -OCH3 is 1. The highest BCUT2D eigenvalue weighted by Crippen LogP contribution is 2.19. The molecule has 0 amide bonds. The Hall–Kier alpha value is -3.22. The van der Waals surface area contributed by atoms with E-state index in [1.54, 1.807) is 0 Å². The highest BCUT2D eigenvalue weighted by Gasteiger charge is 2.14. The minimum Gasteiger partial charge on any atom is -0.494 e. The van der Waals surface area contributed by atoms with Gasteiger partial charge in [-0.25, -0.2) is 9.18 Å². The minimum absolute atomic E-state index is 0.0529. The van der Waals surface area contributed by atoms with Crippen molar-refractivity contribution in [2.45, 2.75) is 20.0 Å². The lowest BCUT2D eigenvalue weighted by Crippen LogP contribution is -2.06. The first kappa shape index (κ1) is 17.6. The van der Waals surface area contributed by atoms with Crippen molar-refractivity contribution in [1.29, 1.82) is 0 Å². The molecule has 0 aliphatic rings. The molecule has 0 unspecified atom stereocenters. The van der Waals surface area contributed by atoms with Gasteiger partial charge in [-0.1, -0.05) is 36.3 Å². The predicted octanol–water partition coefficient (Wildman–Crippen LogP) is 3.80. The van der Waals surface area contributed by atoms with Gasteiger partial charge in [0.1, 0.15) is 0 Å². The van der Waals surface area contributed by atoms with E-state index >= 15 is 0 Å². The molecule has 0 bridgehead atoms. The second-order valence-corrected chi connectivity index (χ2v) is 5.49. The third kappa shape index (κ3) is 3.88. The lowest BCUT2D eigenvalue weighted by atomic mass is 10.1. The Bertz CT molecular complexity index is 906. The summed E-state index contributed by atoms with van der Waals surface area (Å²) >= 11 is 0. The summed E-state index contributed by atoms with van der Waals surface area (Å²) in [6.07, 6.45) is 0.944. The lowest BCUT2D eigenvalue weighted by molar-refractivity contribution is 0.0429. The van der Waals surface area contributed by atoms with E-state index in [0.717, 1.165) is 18.1 Å². The number of carbonyl (C=O) groups excluding carboxylic acids is 1. The predicted molar refractivity (Wildman–Crippen MR) is 91.2 cm³/mol. The number of esters is 1. The molecular weight excluding hydrogens is 339 g/mol. The van der Waals surface area contributed by atoms with Gasteiger partial charge in [-0.05, 0) is 30.2 Å². The maximum Gasteiger partial charge on any atom is 0.338 e. The fraction of sp³-hybridized carbons (Fsp3) is 0.211. The van der Waals surface area contributed by atoms with Crippen LogP contribution < -0.4 is 4.74 Å². The molecule has 0 saturated carbocycles. The van der Waals surface area contributed by atoms with E-state index in [1.807, 2.05) is 24.3 Å². The van der Waals surface area contributed by atoms with E-state index in [-0.39, 0.29) is 23.8 Å². The Morgan fingerprint density at radius 2 is 1.96 bits per heavy atom. The molecule has 0 aliphatic heterocycles. The number of rotatable bonds is 6. The first-order valence-electron chi connectivity index (χ1n) is 8.03. The van der Waals surface area contributed by atoms with Crippen molar-refractivity contribution >= 4 is 5.97 Å². The van der Waals surface area contributed by atoms with Gasteiger partial charge >= 0.3 is 5.97 Å². The molecule has 26 heavy (non-hydrogen) atoms. The average Bonchev–Trinajstić information content (AvgIpc) is 3.15. The summed E-state index contributed by atoms with van der Waals surface area (Å²) in [4.78, 5) is 16.2. The third-order valence-electron chi connectivity index (χ3n) is 3.80. The quantitative estimate of drug-likeness (QED) is 0.625. The summed E-state index contributed by atoms with van der Waals surface area (Å²) in [7, 11) is 1.35. The van der Waals surface area contributed by atoms with Crippen molar-refractivity contribution < 1.29 is 23.2 Å². The molecule has 3 aromatic rings. The Morgan fingerprint density at radius 1 is 1.19 bits per heavy atom. The molecule has 6 nitrogen and oxygen atoms in total. The van der Waals surface area contributed by atoms with Crippen LogP contribution in [0.15, 0.2) is 47.0 Å². The summed E-state index contributed by atoms with van der Waals surface area (Å²) in [6.45, 7) is 1.87. The Morgan fingerprint density at radius 3 is 2.62 bits per heavy atom. The molecule has 0 aliphatic carbocycles. The van der Waals surface area contributed by atoms with Gasteiger partial charge in [-0.2, -0.15) is 4.98 Å². The van der Waals surface area contributed by atoms with Crippen molar-refractivity contribution in [3.05, 3.63) is 65.3 Å². The Labute approximate surface area is 149 Å². The van der Waals surface area contributed by atoms with Crippen molar-refractivity contribution in [2.75, 3.05) is 7.11 Å². The normalized spacial score (nSPS) is 10.6. The zero-order valence-corrected chi connectivity index (χ0v) is 14.4. The monoisotopic (exact) mass is 356 g/mol. The number of halogens is 1. The fourth-order valence-corrected chi connectivity index (χ4v) is 2.32. The van der Waals surface area contributed by atoms with Crippen LogP contribution in [0.3, 0.4) is 0 Å². The molecule has 1 aromatic heterocycles. The highest BCUT2D eigenvalue weighted by atomic mass is 19.1. The van der Waals surface area contributed by atoms with Gasteiger partial charge in [0.25, 0.3) is 5.89 Å². The van der Waals surface area contributed by atoms with Crippen molar-refractivity contribution in [2.24, 2.45) is 0 Å². The molecule has 0 N–H and O–H groups in total. The summed E-state index contributed by atoms with van der Waals surface area (Å²) in [5, 5.41) is 3.88. The first-order chi connectivity index (χ1) is 12.6. The number of aromatic nitrogens is 2. The van der Waals surface area contributed by atoms with E-state index in [2.05, 4.69) is 17.1 Å². The molecule has 1 heterocycles. The molecule has 0 fully saturated rings. The van der Waals surface area contributed by atoms with Gasteiger partial charge in [-0.15, -0.1) is 0 Å². The zero-order valence-electron chi connectivity index (χ0n) is 14.4. The molecular formula is C19H17FN2O4. The number of hydrogen-bond donors (Lipinski definition) is 0. The SMILES string of the molecule is CCc1ccc(-c2noc(COC(=O)c3ccc(OC)c(F)c3)n2)cc1. The maximum absolute atomic E-state index is 13.6. The van der Waals surface area contributed by atoms with Crippen molar-refractivity contribution in [3.8, 4) is 17.1 Å². The number of carbonyl (C=O) groups is 1. The van der Waals surface area contributed by atoms with Crippen LogP contribution in [0.4, 0.5) is 4.39 Å². The Balaban J connectivity index is 1.64. The molecule has 0 radical (unpaired) electrons. The van der Waals surface area contributed by atoms with Crippen LogP contribution in [0.5, 0.6) is 5.75 Å². The van der Waals surface area contributed by atoms with Crippen LogP contribution in [-0.4, -0.2) is 23.2 Å². The van der Waals surface area contributed by atoms with E-state index in [0.29, 0.717) is 5.82 Å². The largest absolute Gasteiger partial charge is 0.494 e. The van der Waals surface area contributed by atoms with Gasteiger partial charge in [0.05, 0.1) is 12.7 Å². The minimum atomic E-state index is -0.696. The van der Waals surface area contributed by atoms with Gasteiger partial charge in [0.15, 0.2) is 18.2 Å². The second-order valence-electron chi connectivity index (χ2n) is 5.49. The summed E-state index contributed by atoms with van der Waals surface area (Å²) in [6, 6.07) is 11.6. The standard InChI is InChI=1S/C19H17FN2O4/c1-3-12-4-6-13(7-5-12)18-21-17(26-22-18)11-25-19(23)14-8-9-16(24-2)15(20)10-14/h4-10H,3,11H2,1-2H3. The number of nitrogens with zero attached hydrogens (tertiary/aromatic N) is 2. The van der Waals surface area contributed by atoms with E-state index in [1.165, 1.54) is 24.8 Å². The van der Waals surface area contributed by atoms with Crippen LogP contribution in [0.2, 0.25) is 0 Å². The maximum atomic E-state index is 13.6. The van der Waals surface area contributed by atoms with Crippen LogP contribution in [0.1, 0.15) is 28.7 Å². The number of aryl methyl sites for hydroxylation is 1. The topological polar surface area (TPSA) is 74.5 Å². The lowest BCUT2D eigenvalue weighted by Gasteiger charge is -2.04. The van der Waals surface area contributed by atoms with Crippen LogP contribution in [0.25, 0.3) is 11.4 Å². The fourth-order valence-electron chi connectivity index (χ4n) is 2.32. The Kier molecular flexibility index (Phi) is 5.26. The van der Waals surface area contributed by atoms with Crippen LogP contribution in [-0.2, 0) is 17.8 Å². The summed E-state index contributed by atoms with van der Waals surface area (Å²) < 4.78 is 28.6. The highest BCUT2D eigenvalue weighted by molar-refractivity contribution is 5.89. The zero-order chi connectivity index (χ0) is 18.5. The van der Waals surface area contributed by atoms with Crippen LogP contribution in [0, 0.1) is 5.82 Å². The van der Waals surface area contributed by atoms with Gasteiger partial charge in [0, 0.05) is 5.56 Å². The summed E-state index contributed by atoms with van der Waals surface area (Å²) in [5.74, 6) is -0.718. The second kappa shape index (κ2) is 7.77. The van der Waals surface area contributed by atoms with Gasteiger partial charge in [0.2, 0.25) is 5.82 Å². The number of ether oxygens (including phenoxy) is 2. The van der Waals surface area contributed by atoms with E-state index in [4.69, 9.17) is 14.0 Å². The van der Waals surface area contributed by atoms with E-state index < -0.39 is 11.8 Å². The summed E-state index contributed by atoms with van der Waals surface area (Å²) in [5.41, 5.74) is 2.08. The molecule has 7 heteroatoms.